The fraction of sp³-hybridized carbons (Fsp3) is 0.438. The van der Waals surface area contributed by atoms with Crippen LogP contribution in [0.4, 0.5) is 4.39 Å². The minimum absolute atomic E-state index is 0.116. The fourth-order valence-electron chi connectivity index (χ4n) is 3.39. The van der Waals surface area contributed by atoms with Crippen LogP contribution in [0.1, 0.15) is 22.6 Å². The minimum atomic E-state index is -0.515. The molecule has 0 spiro atoms. The highest BCUT2D eigenvalue weighted by Gasteiger charge is 2.35. The van der Waals surface area contributed by atoms with E-state index in [9.17, 15) is 9.18 Å². The van der Waals surface area contributed by atoms with E-state index in [0.717, 1.165) is 42.9 Å². The van der Waals surface area contributed by atoms with Crippen molar-refractivity contribution >= 4 is 17.2 Å². The molecule has 23 heavy (non-hydrogen) atoms. The fourth-order valence-corrected chi connectivity index (χ4v) is 4.20. The van der Waals surface area contributed by atoms with Crippen molar-refractivity contribution in [2.24, 2.45) is 5.92 Å². The number of nitrogens with zero attached hydrogens (tertiary/aromatic N) is 3. The van der Waals surface area contributed by atoms with Crippen LogP contribution in [0.25, 0.3) is 10.4 Å². The Labute approximate surface area is 137 Å². The third kappa shape index (κ3) is 2.98. The summed E-state index contributed by atoms with van der Waals surface area (Å²) in [5.41, 5.74) is 0.769. The van der Waals surface area contributed by atoms with E-state index in [1.807, 2.05) is 0 Å². The van der Waals surface area contributed by atoms with Crippen molar-refractivity contribution in [1.82, 2.24) is 20.2 Å². The Hall–Kier alpha value is -1.86. The van der Waals surface area contributed by atoms with Crippen LogP contribution in [-0.2, 0) is 0 Å². The van der Waals surface area contributed by atoms with E-state index in [-0.39, 0.29) is 11.9 Å². The van der Waals surface area contributed by atoms with E-state index in [1.165, 1.54) is 23.6 Å². The van der Waals surface area contributed by atoms with E-state index in [1.54, 1.807) is 12.3 Å². The lowest BCUT2D eigenvalue weighted by Crippen LogP contribution is -2.57. The molecule has 1 amide bonds. The van der Waals surface area contributed by atoms with Crippen molar-refractivity contribution in [1.29, 1.82) is 0 Å². The number of thiazole rings is 1. The molecule has 3 fully saturated rings. The van der Waals surface area contributed by atoms with Crippen LogP contribution in [0.5, 0.6) is 0 Å². The summed E-state index contributed by atoms with van der Waals surface area (Å²) in [5.74, 6) is -0.0432. The monoisotopic (exact) mass is 332 g/mol. The molecule has 2 aromatic rings. The number of rotatable bonds is 3. The number of piperidine rings is 3. The largest absolute Gasteiger partial charge is 0.346 e. The minimum Gasteiger partial charge on any atom is -0.346 e. The van der Waals surface area contributed by atoms with E-state index in [2.05, 4.69) is 20.2 Å². The van der Waals surface area contributed by atoms with Crippen LogP contribution in [0.2, 0.25) is 0 Å². The molecule has 2 bridgehead atoms. The summed E-state index contributed by atoms with van der Waals surface area (Å²) in [5, 5.41) is 3.58. The summed E-state index contributed by atoms with van der Waals surface area (Å²) >= 11 is 1.31. The number of aromatic nitrogens is 2. The van der Waals surface area contributed by atoms with E-state index >= 15 is 0 Å². The third-order valence-electron chi connectivity index (χ3n) is 4.68. The lowest BCUT2D eigenvalue weighted by atomic mass is 9.84. The normalized spacial score (nSPS) is 26.2. The number of carbonyl (C=O) groups is 1. The Morgan fingerprint density at radius 2 is 2.09 bits per heavy atom. The first kappa shape index (κ1) is 14.7. The molecule has 1 unspecified atom stereocenters. The Kier molecular flexibility index (Phi) is 3.82. The highest BCUT2D eigenvalue weighted by Crippen LogP contribution is 2.29. The van der Waals surface area contributed by atoms with Gasteiger partial charge in [-0.1, -0.05) is 0 Å². The first-order chi connectivity index (χ1) is 11.2. The molecule has 0 aromatic carbocycles. The molecule has 3 aliphatic heterocycles. The Morgan fingerprint density at radius 3 is 2.74 bits per heavy atom. The SMILES string of the molecule is O=C(NC1CN2CCC1CC2)c1ncc(-c2ccc(F)nc2)s1. The van der Waals surface area contributed by atoms with Gasteiger partial charge in [-0.15, -0.1) is 11.3 Å². The van der Waals surface area contributed by atoms with Gasteiger partial charge >= 0.3 is 0 Å². The smallest absolute Gasteiger partial charge is 0.280 e. The summed E-state index contributed by atoms with van der Waals surface area (Å²) in [6, 6.07) is 3.18. The zero-order chi connectivity index (χ0) is 15.8. The van der Waals surface area contributed by atoms with Gasteiger partial charge in [-0.05, 0) is 44.0 Å². The Balaban J connectivity index is 1.46. The maximum atomic E-state index is 12.9. The lowest BCUT2D eigenvalue weighted by Gasteiger charge is -2.44. The second kappa shape index (κ2) is 5.98. The number of fused-ring (bicyclic) bond motifs is 3. The van der Waals surface area contributed by atoms with Crippen molar-refractivity contribution in [2.75, 3.05) is 19.6 Å². The standard InChI is InChI=1S/C16H17FN4OS/c17-14-2-1-11(7-18-14)13-8-19-16(23-13)15(22)20-12-9-21-5-3-10(12)4-6-21/h1-2,7-8,10,12H,3-6,9H2,(H,20,22). The maximum Gasteiger partial charge on any atom is 0.280 e. The van der Waals surface area contributed by atoms with E-state index in [0.29, 0.717) is 10.9 Å². The number of nitrogens with one attached hydrogen (secondary N) is 1. The second-order valence-electron chi connectivity index (χ2n) is 6.12. The van der Waals surface area contributed by atoms with Gasteiger partial charge in [0.2, 0.25) is 5.95 Å². The van der Waals surface area contributed by atoms with Crippen LogP contribution in [0, 0.1) is 11.9 Å². The quantitative estimate of drug-likeness (QED) is 0.875. The van der Waals surface area contributed by atoms with Gasteiger partial charge in [0.05, 0.1) is 4.88 Å². The molecule has 5 heterocycles. The molecule has 2 aromatic heterocycles. The molecule has 120 valence electrons. The van der Waals surface area contributed by atoms with E-state index in [4.69, 9.17) is 0 Å². The molecule has 3 aliphatic rings. The number of halogens is 1. The lowest BCUT2D eigenvalue weighted by molar-refractivity contribution is 0.0620. The molecular weight excluding hydrogens is 315 g/mol. The molecule has 5 rings (SSSR count). The predicted octanol–water partition coefficient (Wildman–Crippen LogP) is 2.17. The highest BCUT2D eigenvalue weighted by molar-refractivity contribution is 7.16. The number of amides is 1. The zero-order valence-electron chi connectivity index (χ0n) is 12.5. The predicted molar refractivity (Wildman–Crippen MR) is 85.7 cm³/mol. The molecule has 3 saturated heterocycles. The highest BCUT2D eigenvalue weighted by atomic mass is 32.1. The summed E-state index contributed by atoms with van der Waals surface area (Å²) < 4.78 is 12.9. The van der Waals surface area contributed by atoms with Crippen LogP contribution < -0.4 is 5.32 Å². The summed E-state index contributed by atoms with van der Waals surface area (Å²) in [7, 11) is 0. The number of hydrogen-bond donors (Lipinski definition) is 1. The zero-order valence-corrected chi connectivity index (χ0v) is 13.4. The van der Waals surface area contributed by atoms with Crippen molar-refractivity contribution in [3.8, 4) is 10.4 Å². The van der Waals surface area contributed by atoms with Gasteiger partial charge in [0.1, 0.15) is 0 Å². The molecule has 7 heteroatoms. The van der Waals surface area contributed by atoms with Gasteiger partial charge in [0.15, 0.2) is 5.01 Å². The molecule has 0 radical (unpaired) electrons. The molecule has 1 atom stereocenters. The first-order valence-electron chi connectivity index (χ1n) is 7.80. The topological polar surface area (TPSA) is 58.1 Å². The average Bonchev–Trinajstić information content (AvgIpc) is 3.07. The van der Waals surface area contributed by atoms with Crippen molar-refractivity contribution in [3.63, 3.8) is 0 Å². The van der Waals surface area contributed by atoms with Crippen LogP contribution in [0.3, 0.4) is 0 Å². The van der Waals surface area contributed by atoms with Gasteiger partial charge in [0, 0.05) is 30.5 Å². The number of hydrogen-bond acceptors (Lipinski definition) is 5. The number of pyridine rings is 1. The molecule has 1 N–H and O–H groups in total. The molecular formula is C16H17FN4OS. The Bertz CT molecular complexity index is 709. The van der Waals surface area contributed by atoms with Gasteiger partial charge in [-0.2, -0.15) is 4.39 Å². The summed E-state index contributed by atoms with van der Waals surface area (Å²) in [6.45, 7) is 3.24. The van der Waals surface area contributed by atoms with E-state index < -0.39 is 5.95 Å². The third-order valence-corrected chi connectivity index (χ3v) is 5.73. The molecule has 5 nitrogen and oxygen atoms in total. The van der Waals surface area contributed by atoms with Crippen molar-refractivity contribution < 1.29 is 9.18 Å². The van der Waals surface area contributed by atoms with Gasteiger partial charge in [0.25, 0.3) is 5.91 Å². The van der Waals surface area contributed by atoms with Crippen molar-refractivity contribution in [3.05, 3.63) is 35.5 Å². The molecule has 0 saturated carbocycles. The average molecular weight is 332 g/mol. The van der Waals surface area contributed by atoms with Crippen LogP contribution in [0.15, 0.2) is 24.5 Å². The second-order valence-corrected chi connectivity index (χ2v) is 7.15. The van der Waals surface area contributed by atoms with Gasteiger partial charge in [-0.25, -0.2) is 9.97 Å². The summed E-state index contributed by atoms with van der Waals surface area (Å²) in [6.07, 6.45) is 5.42. The van der Waals surface area contributed by atoms with Gasteiger partial charge < -0.3 is 10.2 Å². The maximum absolute atomic E-state index is 12.9. The first-order valence-corrected chi connectivity index (χ1v) is 8.61. The van der Waals surface area contributed by atoms with Crippen LogP contribution >= 0.6 is 11.3 Å². The number of carbonyl (C=O) groups excluding carboxylic acids is 1. The Morgan fingerprint density at radius 1 is 1.26 bits per heavy atom. The van der Waals surface area contributed by atoms with Crippen LogP contribution in [-0.4, -0.2) is 46.5 Å². The van der Waals surface area contributed by atoms with Gasteiger partial charge in [-0.3, -0.25) is 4.79 Å². The summed E-state index contributed by atoms with van der Waals surface area (Å²) in [4.78, 5) is 23.5. The molecule has 0 aliphatic carbocycles. The van der Waals surface area contributed by atoms with Crippen molar-refractivity contribution in [2.45, 2.75) is 18.9 Å².